The molecule has 18 heteroatoms. The van der Waals surface area contributed by atoms with Gasteiger partial charge in [-0.05, 0) is 118 Å². The zero-order valence-electron chi connectivity index (χ0n) is 44.1. The van der Waals surface area contributed by atoms with Crippen molar-refractivity contribution in [3.63, 3.8) is 0 Å². The van der Waals surface area contributed by atoms with Crippen LogP contribution in [0.2, 0.25) is 5.02 Å². The molecule has 1 aromatic carbocycles. The second-order valence-corrected chi connectivity index (χ2v) is 22.9. The van der Waals surface area contributed by atoms with Gasteiger partial charge >= 0.3 is 0 Å². The summed E-state index contributed by atoms with van der Waals surface area (Å²) in [6.45, 7) is 17.2. The van der Waals surface area contributed by atoms with Gasteiger partial charge in [-0.1, -0.05) is 37.6 Å². The molecule has 5 aliphatic rings. The highest BCUT2D eigenvalue weighted by Gasteiger charge is 2.60. The van der Waals surface area contributed by atoms with Crippen LogP contribution in [0.15, 0.2) is 29.3 Å². The van der Waals surface area contributed by atoms with Crippen molar-refractivity contribution in [1.82, 2.24) is 25.0 Å². The maximum atomic E-state index is 13.2. The fourth-order valence-electron chi connectivity index (χ4n) is 12.7. The quantitative estimate of drug-likeness (QED) is 0.0734. The number of benzene rings is 1. The molecule has 0 spiro atoms. The van der Waals surface area contributed by atoms with Crippen molar-refractivity contribution in [3.05, 3.63) is 62.5 Å². The van der Waals surface area contributed by atoms with Crippen LogP contribution >= 0.6 is 22.9 Å². The number of nitrogens with zero attached hydrogens (tertiary/aromatic N) is 5. The summed E-state index contributed by atoms with van der Waals surface area (Å²) in [6.07, 6.45) is 9.88. The molecule has 0 saturated heterocycles. The summed E-state index contributed by atoms with van der Waals surface area (Å²) in [5.41, 5.74) is 4.32. The maximum Gasteiger partial charge on any atom is 0.248 e. The number of aliphatic imine (C=N–C) groups is 1. The largest absolute Gasteiger partial charge is 0.377 e. The number of nitrogens with one attached hydrogen (secondary N) is 1. The number of ether oxygens (including phenoxy) is 7. The van der Waals surface area contributed by atoms with E-state index in [2.05, 4.69) is 43.2 Å². The van der Waals surface area contributed by atoms with Gasteiger partial charge in [0.05, 0.1) is 97.5 Å². The summed E-state index contributed by atoms with van der Waals surface area (Å²) < 4.78 is 42.4. The summed E-state index contributed by atoms with van der Waals surface area (Å²) in [5.74, 6) is 4.34. The normalized spacial score (nSPS) is 26.3. The molecule has 8 rings (SSSR count). The third-order valence-corrected chi connectivity index (χ3v) is 18.4. The number of Topliss-reactive ketones (excluding diaryl/α,β-unsaturated/α-hetero) is 1. The number of ketones is 1. The number of carbonyl (C=O) groups is 3. The predicted molar refractivity (Wildman–Crippen MR) is 280 cm³/mol. The maximum absolute atomic E-state index is 13.2. The summed E-state index contributed by atoms with van der Waals surface area (Å²) in [5, 5.41) is 13.5. The molecule has 4 fully saturated rings. The highest BCUT2D eigenvalue weighted by molar-refractivity contribution is 7.15. The molecule has 8 atom stereocenters. The lowest BCUT2D eigenvalue weighted by atomic mass is 9.45. The van der Waals surface area contributed by atoms with Crippen LogP contribution in [0.25, 0.3) is 5.00 Å². The van der Waals surface area contributed by atoms with E-state index in [1.807, 2.05) is 42.8 Å². The van der Waals surface area contributed by atoms with Crippen LogP contribution in [0, 0.1) is 55.3 Å². The van der Waals surface area contributed by atoms with Gasteiger partial charge in [-0.25, -0.2) is 0 Å². The topological polar surface area (TPSA) is 174 Å². The van der Waals surface area contributed by atoms with Gasteiger partial charge in [-0.2, -0.15) is 0 Å². The molecule has 1 aliphatic heterocycles. The number of carbonyl (C=O) groups excluding carboxylic acids is 3. The Kier molecular flexibility index (Phi) is 19.7. The summed E-state index contributed by atoms with van der Waals surface area (Å²) >= 11 is 7.91. The minimum Gasteiger partial charge on any atom is -0.377 e. The number of halogens is 1. The monoisotopic (exact) mass is 1050 g/mol. The first-order valence-corrected chi connectivity index (χ1v) is 27.9. The minimum atomic E-state index is -0.538. The molecule has 16 nitrogen and oxygen atoms in total. The summed E-state index contributed by atoms with van der Waals surface area (Å²) in [4.78, 5) is 46.6. The van der Waals surface area contributed by atoms with Crippen LogP contribution in [-0.2, 0) is 47.5 Å². The number of amides is 2. The van der Waals surface area contributed by atoms with Crippen molar-refractivity contribution in [1.29, 1.82) is 0 Å². The Morgan fingerprint density at radius 2 is 1.42 bits per heavy atom. The Labute approximate surface area is 440 Å². The molecular formula is C55H79ClN6O10S. The van der Waals surface area contributed by atoms with Gasteiger partial charge in [0.2, 0.25) is 11.8 Å². The predicted octanol–water partition coefficient (Wildman–Crippen LogP) is 7.86. The van der Waals surface area contributed by atoms with Gasteiger partial charge in [0.15, 0.2) is 5.82 Å². The third kappa shape index (κ3) is 13.3. The molecule has 4 aliphatic carbocycles. The lowest BCUT2D eigenvalue weighted by molar-refractivity contribution is -0.152. The number of aromatic nitrogens is 3. The average molecular weight is 1050 g/mol. The molecule has 3 aromatic rings. The molecule has 1 N–H and O–H groups in total. The van der Waals surface area contributed by atoms with Crippen molar-refractivity contribution in [2.75, 3.05) is 106 Å². The van der Waals surface area contributed by atoms with Crippen LogP contribution in [0.5, 0.6) is 0 Å². The number of aryl methyl sites for hydroxylation is 2. The molecule has 4 saturated carbocycles. The SMILES string of the molecule is Cc1sc2c(c1C)C(c1ccc(Cl)cc1)=N[C@@H](CC(=O)NCCOCCOCCOCCOCCOCCOCCN(C)C(=O)CO[C@H]1CC[C@H]3[C@@H]4CC[C@H]5CC(=O)CC[C@]5(C)[C@H]4CC[C@]13C)c1nnc(C)n1-2. The highest BCUT2D eigenvalue weighted by atomic mass is 35.5. The molecule has 2 aromatic heterocycles. The molecule has 3 heterocycles. The smallest absolute Gasteiger partial charge is 0.248 e. The Balaban J connectivity index is 0.594. The van der Waals surface area contributed by atoms with E-state index in [0.29, 0.717) is 132 Å². The fraction of sp³-hybridized carbons (Fsp3) is 0.709. The van der Waals surface area contributed by atoms with Crippen molar-refractivity contribution < 1.29 is 47.5 Å². The third-order valence-electron chi connectivity index (χ3n) is 17.0. The van der Waals surface area contributed by atoms with E-state index >= 15 is 0 Å². The van der Waals surface area contributed by atoms with E-state index < -0.39 is 6.04 Å². The zero-order valence-corrected chi connectivity index (χ0v) is 45.6. The number of rotatable bonds is 27. The first-order chi connectivity index (χ1) is 35.3. The minimum absolute atomic E-state index is 0.00885. The Morgan fingerprint density at radius 3 is 2.10 bits per heavy atom. The van der Waals surface area contributed by atoms with Crippen LogP contribution in [0.3, 0.4) is 0 Å². The lowest BCUT2D eigenvalue weighted by Crippen LogP contribution is -2.54. The van der Waals surface area contributed by atoms with Crippen molar-refractivity contribution in [2.24, 2.45) is 39.5 Å². The van der Waals surface area contributed by atoms with Gasteiger partial charge < -0.3 is 43.4 Å². The van der Waals surface area contributed by atoms with Gasteiger partial charge in [-0.15, -0.1) is 21.5 Å². The van der Waals surface area contributed by atoms with Crippen LogP contribution < -0.4 is 5.32 Å². The molecular weight excluding hydrogens is 972 g/mol. The van der Waals surface area contributed by atoms with E-state index in [1.54, 1.807) is 16.2 Å². The number of hydrogen-bond acceptors (Lipinski definition) is 14. The number of likely N-dealkylation sites (N-methyl/N-ethyl adjacent to an activating group) is 1. The van der Waals surface area contributed by atoms with Crippen LogP contribution in [0.1, 0.15) is 117 Å². The second-order valence-electron chi connectivity index (χ2n) is 21.3. The van der Waals surface area contributed by atoms with Gasteiger partial charge in [0, 0.05) is 54.0 Å². The molecule has 0 radical (unpaired) electrons. The van der Waals surface area contributed by atoms with E-state index in [4.69, 9.17) is 49.8 Å². The lowest BCUT2D eigenvalue weighted by Gasteiger charge is -2.60. The molecule has 0 bridgehead atoms. The van der Waals surface area contributed by atoms with Crippen LogP contribution in [0.4, 0.5) is 0 Å². The Hall–Kier alpha value is -3.65. The second kappa shape index (κ2) is 25.9. The molecule has 73 heavy (non-hydrogen) atoms. The fourth-order valence-corrected chi connectivity index (χ4v) is 14.1. The number of fused-ring (bicyclic) bond motifs is 8. The number of thiophene rings is 1. The molecule has 0 unspecified atom stereocenters. The standard InChI is InChI=1S/C55H79ClN6O10S/c1-36-37(2)73-53-50(36)51(39-7-10-41(56)11-8-39)58-46(52-60-59-38(3)62(52)53)34-48(64)57-19-21-66-23-25-68-27-29-70-31-32-71-30-28-69-26-24-67-22-20-61(6)49(65)35-72-47-14-13-44-43-12-9-40-33-42(63)15-17-54(40,4)45(43)16-18-55(44,47)5/h7-8,10-11,40,43-47H,9,12-35H2,1-6H3,(H,57,64)/t40-,43-,44-,45-,46-,47-,54-,55-/m0/s1. The van der Waals surface area contributed by atoms with Crippen molar-refractivity contribution >= 4 is 46.2 Å². The first-order valence-electron chi connectivity index (χ1n) is 26.7. The summed E-state index contributed by atoms with van der Waals surface area (Å²) in [7, 11) is 1.81. The molecule has 402 valence electrons. The Bertz CT molecular complexity index is 2360. The molecule has 2 amide bonds. The summed E-state index contributed by atoms with van der Waals surface area (Å²) in [6, 6.07) is 7.09. The van der Waals surface area contributed by atoms with Crippen molar-refractivity contribution in [3.8, 4) is 5.00 Å². The van der Waals surface area contributed by atoms with Gasteiger partial charge in [-0.3, -0.25) is 23.9 Å². The van der Waals surface area contributed by atoms with Gasteiger partial charge in [0.1, 0.15) is 29.3 Å². The van der Waals surface area contributed by atoms with Gasteiger partial charge in [0.25, 0.3) is 0 Å². The van der Waals surface area contributed by atoms with E-state index in [-0.39, 0.29) is 36.4 Å². The Morgan fingerprint density at radius 1 is 0.795 bits per heavy atom. The van der Waals surface area contributed by atoms with E-state index in [0.717, 1.165) is 71.2 Å². The van der Waals surface area contributed by atoms with Crippen LogP contribution in [-0.4, -0.2) is 155 Å². The van der Waals surface area contributed by atoms with E-state index in [9.17, 15) is 14.4 Å². The first kappa shape index (κ1) is 55.6. The average Bonchev–Trinajstić information content (AvgIpc) is 4.00. The number of hydrogen-bond donors (Lipinski definition) is 1. The van der Waals surface area contributed by atoms with Crippen molar-refractivity contribution in [2.45, 2.75) is 111 Å². The highest BCUT2D eigenvalue weighted by Crippen LogP contribution is 2.66. The van der Waals surface area contributed by atoms with E-state index in [1.165, 1.54) is 30.6 Å². The zero-order chi connectivity index (χ0) is 51.5.